The van der Waals surface area contributed by atoms with E-state index in [1.165, 1.54) is 32.0 Å². The largest absolute Gasteiger partial charge is 0.365 e. The van der Waals surface area contributed by atoms with Crippen molar-refractivity contribution in [2.24, 2.45) is 5.41 Å². The molecule has 1 fully saturated rings. The maximum atomic E-state index is 6.05. The van der Waals surface area contributed by atoms with Crippen molar-refractivity contribution in [3.05, 3.63) is 17.5 Å². The van der Waals surface area contributed by atoms with Gasteiger partial charge < -0.3 is 5.32 Å². The smallest absolute Gasteiger partial charge is 0.148 e. The third kappa shape index (κ3) is 2.46. The summed E-state index contributed by atoms with van der Waals surface area (Å²) in [4.78, 5) is 8.08. The Hall–Kier alpha value is -0.830. The van der Waals surface area contributed by atoms with Crippen molar-refractivity contribution in [2.45, 2.75) is 45.6 Å². The second kappa shape index (κ2) is 4.58. The third-order valence-corrected chi connectivity index (χ3v) is 3.76. The molecule has 1 N–H and O–H groups in total. The van der Waals surface area contributed by atoms with Crippen LogP contribution in [0.5, 0.6) is 0 Å². The van der Waals surface area contributed by atoms with Gasteiger partial charge in [-0.1, -0.05) is 38.3 Å². The predicted octanol–water partition coefficient (Wildman–Crippen LogP) is 3.51. The first-order chi connectivity index (χ1) is 7.59. The summed E-state index contributed by atoms with van der Waals surface area (Å²) in [7, 11) is 0. The average molecular weight is 240 g/mol. The SMILES string of the molecule is CC1(C)CCCCC1Nc1ncncc1Cl. The van der Waals surface area contributed by atoms with Crippen molar-refractivity contribution in [1.82, 2.24) is 9.97 Å². The quantitative estimate of drug-likeness (QED) is 0.858. The van der Waals surface area contributed by atoms with E-state index in [0.29, 0.717) is 16.5 Å². The van der Waals surface area contributed by atoms with Gasteiger partial charge in [0.1, 0.15) is 17.2 Å². The van der Waals surface area contributed by atoms with Crippen LogP contribution in [0.4, 0.5) is 5.82 Å². The zero-order valence-electron chi connectivity index (χ0n) is 9.83. The van der Waals surface area contributed by atoms with Crippen molar-refractivity contribution in [1.29, 1.82) is 0 Å². The Labute approximate surface area is 102 Å². The summed E-state index contributed by atoms with van der Waals surface area (Å²) in [5.41, 5.74) is 0.312. The second-order valence-corrected chi connectivity index (χ2v) is 5.56. The van der Waals surface area contributed by atoms with Gasteiger partial charge in [-0.25, -0.2) is 9.97 Å². The molecule has 2 rings (SSSR count). The number of halogens is 1. The first kappa shape index (κ1) is 11.6. The summed E-state index contributed by atoms with van der Waals surface area (Å²) in [5, 5.41) is 4.06. The van der Waals surface area contributed by atoms with E-state index in [-0.39, 0.29) is 0 Å². The lowest BCUT2D eigenvalue weighted by Gasteiger charge is -2.39. The van der Waals surface area contributed by atoms with Crippen LogP contribution in [0.15, 0.2) is 12.5 Å². The summed E-state index contributed by atoms with van der Waals surface area (Å²) in [6.07, 6.45) is 8.21. The van der Waals surface area contributed by atoms with Crippen LogP contribution >= 0.6 is 11.6 Å². The van der Waals surface area contributed by atoms with E-state index in [9.17, 15) is 0 Å². The molecule has 1 saturated carbocycles. The topological polar surface area (TPSA) is 37.8 Å². The normalized spacial score (nSPS) is 24.1. The Kier molecular flexibility index (Phi) is 3.33. The van der Waals surface area contributed by atoms with Gasteiger partial charge in [0.05, 0.1) is 6.20 Å². The highest BCUT2D eigenvalue weighted by Crippen LogP contribution is 2.37. The number of hydrogen-bond donors (Lipinski definition) is 1. The van der Waals surface area contributed by atoms with Gasteiger partial charge in [0, 0.05) is 6.04 Å². The highest BCUT2D eigenvalue weighted by Gasteiger charge is 2.32. The number of nitrogens with one attached hydrogen (secondary N) is 1. The summed E-state index contributed by atoms with van der Waals surface area (Å²) in [6, 6.07) is 0.452. The van der Waals surface area contributed by atoms with Crippen molar-refractivity contribution in [2.75, 3.05) is 5.32 Å². The van der Waals surface area contributed by atoms with E-state index >= 15 is 0 Å². The van der Waals surface area contributed by atoms with Gasteiger partial charge in [-0.05, 0) is 18.3 Å². The summed E-state index contributed by atoms with van der Waals surface area (Å²) in [5.74, 6) is 0.761. The van der Waals surface area contributed by atoms with Crippen LogP contribution in [0.1, 0.15) is 39.5 Å². The lowest BCUT2D eigenvalue weighted by Crippen LogP contribution is -2.39. The molecule has 1 atom stereocenters. The van der Waals surface area contributed by atoms with E-state index < -0.39 is 0 Å². The van der Waals surface area contributed by atoms with Crippen LogP contribution in [-0.2, 0) is 0 Å². The molecule has 3 nitrogen and oxygen atoms in total. The van der Waals surface area contributed by atoms with Gasteiger partial charge >= 0.3 is 0 Å². The fraction of sp³-hybridized carbons (Fsp3) is 0.667. The number of anilines is 1. The second-order valence-electron chi connectivity index (χ2n) is 5.15. The van der Waals surface area contributed by atoms with Gasteiger partial charge in [-0.2, -0.15) is 0 Å². The number of nitrogens with zero attached hydrogens (tertiary/aromatic N) is 2. The molecule has 0 saturated heterocycles. The van der Waals surface area contributed by atoms with E-state index in [2.05, 4.69) is 29.1 Å². The molecule has 88 valence electrons. The molecule has 4 heteroatoms. The van der Waals surface area contributed by atoms with Gasteiger partial charge in [0.15, 0.2) is 0 Å². The standard InChI is InChI=1S/C12H18ClN3/c1-12(2)6-4-3-5-10(12)16-11-9(13)7-14-8-15-11/h7-8,10H,3-6H2,1-2H3,(H,14,15,16). The third-order valence-electron chi connectivity index (χ3n) is 3.49. The van der Waals surface area contributed by atoms with E-state index in [1.54, 1.807) is 6.20 Å². The van der Waals surface area contributed by atoms with Gasteiger partial charge in [-0.15, -0.1) is 0 Å². The predicted molar refractivity (Wildman–Crippen MR) is 66.7 cm³/mol. The maximum Gasteiger partial charge on any atom is 0.148 e. The Morgan fingerprint density at radius 2 is 2.25 bits per heavy atom. The lowest BCUT2D eigenvalue weighted by molar-refractivity contribution is 0.216. The first-order valence-corrected chi connectivity index (χ1v) is 6.19. The highest BCUT2D eigenvalue weighted by atomic mass is 35.5. The highest BCUT2D eigenvalue weighted by molar-refractivity contribution is 6.32. The fourth-order valence-corrected chi connectivity index (χ4v) is 2.51. The van der Waals surface area contributed by atoms with Crippen molar-refractivity contribution in [3.63, 3.8) is 0 Å². The van der Waals surface area contributed by atoms with Crippen molar-refractivity contribution in [3.8, 4) is 0 Å². The molecule has 0 aromatic carbocycles. The van der Waals surface area contributed by atoms with Crippen molar-refractivity contribution >= 4 is 17.4 Å². The van der Waals surface area contributed by atoms with Crippen LogP contribution in [-0.4, -0.2) is 16.0 Å². The molecule has 16 heavy (non-hydrogen) atoms. The molecule has 0 bridgehead atoms. The van der Waals surface area contributed by atoms with Gasteiger partial charge in [-0.3, -0.25) is 0 Å². The number of rotatable bonds is 2. The van der Waals surface area contributed by atoms with Crippen molar-refractivity contribution < 1.29 is 0 Å². The van der Waals surface area contributed by atoms with Gasteiger partial charge in [0.2, 0.25) is 0 Å². The molecule has 1 aliphatic rings. The van der Waals surface area contributed by atoms with E-state index in [1.807, 2.05) is 0 Å². The fourth-order valence-electron chi connectivity index (χ4n) is 2.35. The zero-order valence-corrected chi connectivity index (χ0v) is 10.6. The lowest BCUT2D eigenvalue weighted by atomic mass is 9.73. The summed E-state index contributed by atoms with van der Waals surface area (Å²) in [6.45, 7) is 4.61. The molecule has 1 aromatic heterocycles. The first-order valence-electron chi connectivity index (χ1n) is 5.82. The minimum absolute atomic E-state index is 0.312. The number of aromatic nitrogens is 2. The summed E-state index contributed by atoms with van der Waals surface area (Å²) >= 11 is 6.05. The van der Waals surface area contributed by atoms with Crippen LogP contribution in [0, 0.1) is 5.41 Å². The van der Waals surface area contributed by atoms with Crippen LogP contribution in [0.3, 0.4) is 0 Å². The minimum Gasteiger partial charge on any atom is -0.365 e. The Balaban J connectivity index is 2.12. The van der Waals surface area contributed by atoms with Crippen LogP contribution in [0.2, 0.25) is 5.02 Å². The average Bonchev–Trinajstić information content (AvgIpc) is 2.24. The number of hydrogen-bond acceptors (Lipinski definition) is 3. The summed E-state index contributed by atoms with van der Waals surface area (Å²) < 4.78 is 0. The molecule has 0 radical (unpaired) electrons. The van der Waals surface area contributed by atoms with E-state index in [0.717, 1.165) is 5.82 Å². The molecule has 0 amide bonds. The van der Waals surface area contributed by atoms with E-state index in [4.69, 9.17) is 11.6 Å². The molecular formula is C12H18ClN3. The Morgan fingerprint density at radius 3 is 2.94 bits per heavy atom. The van der Waals surface area contributed by atoms with Crippen LogP contribution < -0.4 is 5.32 Å². The molecule has 1 heterocycles. The minimum atomic E-state index is 0.312. The monoisotopic (exact) mass is 239 g/mol. The molecular weight excluding hydrogens is 222 g/mol. The zero-order chi connectivity index (χ0) is 11.6. The molecule has 0 aliphatic heterocycles. The molecule has 1 unspecified atom stereocenters. The molecule has 1 aliphatic carbocycles. The Bertz CT molecular complexity index is 365. The van der Waals surface area contributed by atoms with Crippen LogP contribution in [0.25, 0.3) is 0 Å². The maximum absolute atomic E-state index is 6.05. The molecule has 0 spiro atoms. The van der Waals surface area contributed by atoms with Gasteiger partial charge in [0.25, 0.3) is 0 Å². The molecule has 1 aromatic rings. The Morgan fingerprint density at radius 1 is 1.44 bits per heavy atom.